The molecule has 3 heterocycles. The van der Waals surface area contributed by atoms with Crippen molar-refractivity contribution in [2.75, 3.05) is 26.2 Å². The minimum Gasteiger partial charge on any atom is -0.390 e. The molecule has 5 nitrogen and oxygen atoms in total. The first kappa shape index (κ1) is 16.1. The Morgan fingerprint density at radius 1 is 1.17 bits per heavy atom. The summed E-state index contributed by atoms with van der Waals surface area (Å²) >= 11 is 0. The lowest BCUT2D eigenvalue weighted by atomic mass is 10.1. The zero-order chi connectivity index (χ0) is 16.7. The van der Waals surface area contributed by atoms with Gasteiger partial charge in [-0.2, -0.15) is 0 Å². The van der Waals surface area contributed by atoms with E-state index in [1.54, 1.807) is 0 Å². The van der Waals surface area contributed by atoms with Crippen LogP contribution in [0.2, 0.25) is 0 Å². The maximum Gasteiger partial charge on any atom is 0.121 e. The van der Waals surface area contributed by atoms with Crippen LogP contribution in [0.15, 0.2) is 12.1 Å². The normalized spacial score (nSPS) is 26.5. The highest BCUT2D eigenvalue weighted by Gasteiger charge is 2.36. The van der Waals surface area contributed by atoms with Gasteiger partial charge in [-0.3, -0.25) is 9.80 Å². The SMILES string of the molecule is Cc1ccc2[nH]c(CN3C[C@H](O)[C@@H](N4CCCCC4)C3)nc2c1C. The van der Waals surface area contributed by atoms with Crippen LogP contribution in [0.25, 0.3) is 11.0 Å². The van der Waals surface area contributed by atoms with E-state index in [1.165, 1.54) is 30.4 Å². The van der Waals surface area contributed by atoms with Crippen molar-refractivity contribution in [2.45, 2.75) is 51.8 Å². The fraction of sp³-hybridized carbons (Fsp3) is 0.632. The summed E-state index contributed by atoms with van der Waals surface area (Å²) in [5, 5.41) is 10.5. The van der Waals surface area contributed by atoms with E-state index in [1.807, 2.05) is 0 Å². The molecule has 2 atom stereocenters. The molecule has 2 N–H and O–H groups in total. The summed E-state index contributed by atoms with van der Waals surface area (Å²) < 4.78 is 0. The highest BCUT2D eigenvalue weighted by atomic mass is 16.3. The molecule has 0 spiro atoms. The minimum atomic E-state index is -0.239. The number of β-amino-alcohol motifs (C(OH)–C–C–N with tert-alkyl or cyclic N) is 1. The van der Waals surface area contributed by atoms with E-state index in [-0.39, 0.29) is 6.10 Å². The van der Waals surface area contributed by atoms with Crippen molar-refractivity contribution < 1.29 is 5.11 Å². The molecule has 0 bridgehead atoms. The number of aromatic amines is 1. The second-order valence-electron chi connectivity index (χ2n) is 7.51. The molecule has 0 saturated carbocycles. The van der Waals surface area contributed by atoms with Crippen LogP contribution in [0, 0.1) is 13.8 Å². The number of hydrogen-bond donors (Lipinski definition) is 2. The highest BCUT2D eigenvalue weighted by molar-refractivity contribution is 5.79. The van der Waals surface area contributed by atoms with Crippen LogP contribution in [0.5, 0.6) is 0 Å². The van der Waals surface area contributed by atoms with E-state index in [0.717, 1.165) is 49.6 Å². The van der Waals surface area contributed by atoms with Crippen LogP contribution in [-0.4, -0.2) is 63.2 Å². The second-order valence-corrected chi connectivity index (χ2v) is 7.51. The average Bonchev–Trinajstić information content (AvgIpc) is 3.16. The molecule has 2 aromatic rings. The molecular weight excluding hydrogens is 300 g/mol. The summed E-state index contributed by atoms with van der Waals surface area (Å²) in [5.74, 6) is 1.00. The first-order valence-corrected chi connectivity index (χ1v) is 9.21. The van der Waals surface area contributed by atoms with Crippen molar-refractivity contribution in [2.24, 2.45) is 0 Å². The molecule has 2 saturated heterocycles. The van der Waals surface area contributed by atoms with Crippen LogP contribution in [0.3, 0.4) is 0 Å². The molecule has 4 rings (SSSR count). The maximum atomic E-state index is 10.5. The van der Waals surface area contributed by atoms with Crippen molar-refractivity contribution >= 4 is 11.0 Å². The lowest BCUT2D eigenvalue weighted by molar-refractivity contribution is 0.0706. The third-order valence-corrected chi connectivity index (χ3v) is 5.80. The van der Waals surface area contributed by atoms with Gasteiger partial charge in [-0.25, -0.2) is 4.98 Å². The monoisotopic (exact) mass is 328 g/mol. The van der Waals surface area contributed by atoms with Gasteiger partial charge in [-0.1, -0.05) is 12.5 Å². The zero-order valence-electron chi connectivity index (χ0n) is 14.8. The summed E-state index contributed by atoms with van der Waals surface area (Å²) in [6, 6.07) is 4.55. The number of imidazole rings is 1. The first-order valence-electron chi connectivity index (χ1n) is 9.21. The summed E-state index contributed by atoms with van der Waals surface area (Å²) in [6.07, 6.45) is 3.63. The summed E-state index contributed by atoms with van der Waals surface area (Å²) in [5.41, 5.74) is 4.72. The van der Waals surface area contributed by atoms with E-state index in [9.17, 15) is 5.11 Å². The third kappa shape index (κ3) is 2.96. The Morgan fingerprint density at radius 2 is 1.96 bits per heavy atom. The molecule has 2 aliphatic heterocycles. The Bertz CT molecular complexity index is 719. The van der Waals surface area contributed by atoms with Gasteiger partial charge < -0.3 is 10.1 Å². The van der Waals surface area contributed by atoms with Crippen molar-refractivity contribution in [3.63, 3.8) is 0 Å². The van der Waals surface area contributed by atoms with Gasteiger partial charge >= 0.3 is 0 Å². The first-order chi connectivity index (χ1) is 11.6. The van der Waals surface area contributed by atoms with Gasteiger partial charge in [0.15, 0.2) is 0 Å². The number of piperidine rings is 1. The Morgan fingerprint density at radius 3 is 2.75 bits per heavy atom. The largest absolute Gasteiger partial charge is 0.390 e. The number of rotatable bonds is 3. The molecule has 5 heteroatoms. The van der Waals surface area contributed by atoms with Crippen molar-refractivity contribution in [1.82, 2.24) is 19.8 Å². The third-order valence-electron chi connectivity index (χ3n) is 5.80. The van der Waals surface area contributed by atoms with Crippen LogP contribution in [0.1, 0.15) is 36.2 Å². The number of hydrogen-bond acceptors (Lipinski definition) is 4. The molecule has 1 aromatic heterocycles. The number of aliphatic hydroxyl groups excluding tert-OH is 1. The topological polar surface area (TPSA) is 55.4 Å². The Labute approximate surface area is 143 Å². The van der Waals surface area contributed by atoms with Gasteiger partial charge in [-0.15, -0.1) is 0 Å². The standard InChI is InChI=1S/C19H28N4O/c1-13-6-7-15-19(14(13)2)21-18(20-15)12-22-10-16(17(24)11-22)23-8-4-3-5-9-23/h6-7,16-17,24H,3-5,8-12H2,1-2H3,(H,20,21)/t16-,17-/m0/s1. The number of H-pyrrole nitrogens is 1. The summed E-state index contributed by atoms with van der Waals surface area (Å²) in [7, 11) is 0. The number of likely N-dealkylation sites (tertiary alicyclic amines) is 2. The summed E-state index contributed by atoms with van der Waals surface area (Å²) in [6.45, 7) is 9.01. The van der Waals surface area contributed by atoms with E-state index in [2.05, 4.69) is 40.8 Å². The van der Waals surface area contributed by atoms with Crippen molar-refractivity contribution in [3.8, 4) is 0 Å². The van der Waals surface area contributed by atoms with Gasteiger partial charge in [0.25, 0.3) is 0 Å². The maximum absolute atomic E-state index is 10.5. The van der Waals surface area contributed by atoms with E-state index in [0.29, 0.717) is 6.04 Å². The van der Waals surface area contributed by atoms with E-state index >= 15 is 0 Å². The van der Waals surface area contributed by atoms with Crippen LogP contribution in [-0.2, 0) is 6.54 Å². The number of nitrogens with one attached hydrogen (secondary N) is 1. The number of benzene rings is 1. The fourth-order valence-corrected chi connectivity index (χ4v) is 4.24. The molecular formula is C19H28N4O. The summed E-state index contributed by atoms with van der Waals surface area (Å²) in [4.78, 5) is 13.1. The molecule has 2 aliphatic rings. The molecule has 0 amide bonds. The van der Waals surface area contributed by atoms with E-state index < -0.39 is 0 Å². The lowest BCUT2D eigenvalue weighted by Crippen LogP contribution is -2.45. The molecule has 130 valence electrons. The van der Waals surface area contributed by atoms with Gasteiger partial charge in [0.1, 0.15) is 5.82 Å². The molecule has 2 fully saturated rings. The molecule has 0 radical (unpaired) electrons. The van der Waals surface area contributed by atoms with Gasteiger partial charge in [0.05, 0.1) is 23.7 Å². The Kier molecular flexibility index (Phi) is 4.33. The number of nitrogens with zero attached hydrogens (tertiary/aromatic N) is 3. The van der Waals surface area contributed by atoms with Crippen LogP contribution in [0.4, 0.5) is 0 Å². The Hall–Kier alpha value is -1.43. The van der Waals surface area contributed by atoms with Gasteiger partial charge in [-0.05, 0) is 57.0 Å². The number of fused-ring (bicyclic) bond motifs is 1. The van der Waals surface area contributed by atoms with E-state index in [4.69, 9.17) is 4.98 Å². The smallest absolute Gasteiger partial charge is 0.121 e. The van der Waals surface area contributed by atoms with Crippen molar-refractivity contribution in [3.05, 3.63) is 29.1 Å². The highest BCUT2D eigenvalue weighted by Crippen LogP contribution is 2.23. The average molecular weight is 328 g/mol. The predicted octanol–water partition coefficient (Wildman–Crippen LogP) is 2.21. The van der Waals surface area contributed by atoms with Gasteiger partial charge in [0.2, 0.25) is 0 Å². The predicted molar refractivity (Wildman–Crippen MR) is 96.1 cm³/mol. The quantitative estimate of drug-likeness (QED) is 0.907. The fourth-order valence-electron chi connectivity index (χ4n) is 4.24. The Balaban J connectivity index is 1.47. The van der Waals surface area contributed by atoms with Crippen molar-refractivity contribution in [1.29, 1.82) is 0 Å². The zero-order valence-corrected chi connectivity index (χ0v) is 14.8. The number of aliphatic hydroxyl groups is 1. The number of aromatic nitrogens is 2. The van der Waals surface area contributed by atoms with Crippen LogP contribution >= 0.6 is 0 Å². The molecule has 24 heavy (non-hydrogen) atoms. The molecule has 0 aliphatic carbocycles. The second kappa shape index (κ2) is 6.47. The lowest BCUT2D eigenvalue weighted by Gasteiger charge is -2.33. The molecule has 0 unspecified atom stereocenters. The van der Waals surface area contributed by atoms with Gasteiger partial charge in [0, 0.05) is 19.1 Å². The minimum absolute atomic E-state index is 0.239. The van der Waals surface area contributed by atoms with Crippen LogP contribution < -0.4 is 0 Å². The number of aryl methyl sites for hydroxylation is 2. The molecule has 1 aromatic carbocycles.